The molecule has 0 amide bonds. The molecule has 0 aliphatic carbocycles. The molecule has 2 saturated heterocycles. The Morgan fingerprint density at radius 3 is 2.44 bits per heavy atom. The summed E-state index contributed by atoms with van der Waals surface area (Å²) >= 11 is 0. The van der Waals surface area contributed by atoms with Crippen LogP contribution in [0.15, 0.2) is 18.2 Å². The van der Waals surface area contributed by atoms with Crippen molar-refractivity contribution in [3.63, 3.8) is 0 Å². The van der Waals surface area contributed by atoms with Gasteiger partial charge in [0, 0.05) is 50.9 Å². The number of likely N-dealkylation sites (tertiary alicyclic amines) is 1. The van der Waals surface area contributed by atoms with Crippen molar-refractivity contribution in [1.29, 1.82) is 0 Å². The molecule has 1 N–H and O–H groups in total. The molecule has 4 nitrogen and oxygen atoms in total. The van der Waals surface area contributed by atoms with Crippen molar-refractivity contribution in [2.75, 3.05) is 39.3 Å². The fraction of sp³-hybridized carbons (Fsp3) is 0.714. The smallest absolute Gasteiger partial charge is 0.159 e. The van der Waals surface area contributed by atoms with Crippen LogP contribution in [-0.2, 0) is 6.54 Å². The molecule has 6 heteroatoms. The van der Waals surface area contributed by atoms with Crippen molar-refractivity contribution in [2.45, 2.75) is 57.8 Å². The largest absolute Gasteiger partial charge is 0.396 e. The van der Waals surface area contributed by atoms with Crippen molar-refractivity contribution in [2.24, 2.45) is 0 Å². The van der Waals surface area contributed by atoms with Crippen LogP contribution in [0.1, 0.15) is 38.7 Å². The molecule has 2 aliphatic rings. The highest BCUT2D eigenvalue weighted by molar-refractivity contribution is 5.18. The van der Waals surface area contributed by atoms with E-state index in [1.54, 1.807) is 6.07 Å². The lowest BCUT2D eigenvalue weighted by molar-refractivity contribution is 0.00985. The van der Waals surface area contributed by atoms with Gasteiger partial charge in [-0.15, -0.1) is 0 Å². The van der Waals surface area contributed by atoms with Gasteiger partial charge in [-0.3, -0.25) is 9.80 Å². The standard InChI is InChI=1S/C21H33F2N3O/c1-16(2)24-8-5-18(6-9-24)26-11-10-25(19(15-26)7-12-27)14-17-3-4-20(22)21(23)13-17/h3-4,13,16,18-19,27H,5-12,14-15H2,1-2H3/t19-/m0/s1. The summed E-state index contributed by atoms with van der Waals surface area (Å²) in [5.74, 6) is -1.59. The van der Waals surface area contributed by atoms with Crippen molar-refractivity contribution in [1.82, 2.24) is 14.7 Å². The number of aliphatic hydroxyl groups is 1. The molecule has 3 rings (SSSR count). The highest BCUT2D eigenvalue weighted by Crippen LogP contribution is 2.24. The zero-order valence-electron chi connectivity index (χ0n) is 16.6. The highest BCUT2D eigenvalue weighted by Gasteiger charge is 2.32. The molecule has 0 spiro atoms. The molecule has 2 fully saturated rings. The third kappa shape index (κ3) is 5.25. The lowest BCUT2D eigenvalue weighted by atomic mass is 9.98. The molecule has 152 valence electrons. The van der Waals surface area contributed by atoms with Gasteiger partial charge in [-0.1, -0.05) is 6.07 Å². The van der Waals surface area contributed by atoms with Crippen LogP contribution in [0.5, 0.6) is 0 Å². The van der Waals surface area contributed by atoms with Gasteiger partial charge in [0.1, 0.15) is 0 Å². The second-order valence-corrected chi connectivity index (χ2v) is 8.24. The van der Waals surface area contributed by atoms with Crippen molar-refractivity contribution in [3.05, 3.63) is 35.4 Å². The SMILES string of the molecule is CC(C)N1CCC(N2CCN(Cc3ccc(F)c(F)c3)[C@@H](CCO)C2)CC1. The van der Waals surface area contributed by atoms with Gasteiger partial charge in [-0.25, -0.2) is 8.78 Å². The zero-order chi connectivity index (χ0) is 19.4. The first-order chi connectivity index (χ1) is 13.0. The first-order valence-corrected chi connectivity index (χ1v) is 10.2. The molecule has 1 aromatic rings. The average Bonchev–Trinajstić information content (AvgIpc) is 2.66. The molecule has 0 saturated carbocycles. The van der Waals surface area contributed by atoms with Gasteiger partial charge in [-0.2, -0.15) is 0 Å². The summed E-state index contributed by atoms with van der Waals surface area (Å²) in [7, 11) is 0. The molecular formula is C21H33F2N3O. The Labute approximate surface area is 161 Å². The highest BCUT2D eigenvalue weighted by atomic mass is 19.2. The van der Waals surface area contributed by atoms with Gasteiger partial charge < -0.3 is 10.0 Å². The van der Waals surface area contributed by atoms with E-state index in [4.69, 9.17) is 0 Å². The van der Waals surface area contributed by atoms with Gasteiger partial charge >= 0.3 is 0 Å². The van der Waals surface area contributed by atoms with E-state index in [0.29, 0.717) is 25.0 Å². The second-order valence-electron chi connectivity index (χ2n) is 8.24. The Kier molecular flexibility index (Phi) is 7.20. The van der Waals surface area contributed by atoms with Crippen LogP contribution in [0.3, 0.4) is 0 Å². The molecular weight excluding hydrogens is 348 g/mol. The maximum atomic E-state index is 13.5. The fourth-order valence-corrected chi connectivity index (χ4v) is 4.52. The van der Waals surface area contributed by atoms with Crippen LogP contribution in [0, 0.1) is 11.6 Å². The van der Waals surface area contributed by atoms with E-state index < -0.39 is 11.6 Å². The molecule has 0 bridgehead atoms. The van der Waals surface area contributed by atoms with Crippen LogP contribution in [0.4, 0.5) is 8.78 Å². The normalized spacial score (nSPS) is 24.0. The van der Waals surface area contributed by atoms with Crippen LogP contribution in [0.25, 0.3) is 0 Å². The quantitative estimate of drug-likeness (QED) is 0.821. The maximum Gasteiger partial charge on any atom is 0.159 e. The number of piperidine rings is 1. The second kappa shape index (κ2) is 9.41. The molecule has 27 heavy (non-hydrogen) atoms. The topological polar surface area (TPSA) is 30.0 Å². The minimum atomic E-state index is -0.803. The number of rotatable bonds is 6. The Morgan fingerprint density at radius 1 is 1.07 bits per heavy atom. The third-order valence-electron chi connectivity index (χ3n) is 6.21. The minimum absolute atomic E-state index is 0.151. The van der Waals surface area contributed by atoms with E-state index in [1.165, 1.54) is 25.0 Å². The summed E-state index contributed by atoms with van der Waals surface area (Å²) < 4.78 is 26.7. The molecule has 0 aromatic heterocycles. The lowest BCUT2D eigenvalue weighted by Crippen LogP contribution is -2.57. The molecule has 1 atom stereocenters. The number of hydrogen-bond acceptors (Lipinski definition) is 4. The Bertz CT molecular complexity index is 605. The zero-order valence-corrected chi connectivity index (χ0v) is 16.6. The van der Waals surface area contributed by atoms with E-state index in [1.807, 2.05) is 0 Å². The fourth-order valence-electron chi connectivity index (χ4n) is 4.52. The summed E-state index contributed by atoms with van der Waals surface area (Å²) in [6.07, 6.45) is 3.12. The summed E-state index contributed by atoms with van der Waals surface area (Å²) in [6, 6.07) is 5.62. The van der Waals surface area contributed by atoms with Gasteiger partial charge in [0.05, 0.1) is 0 Å². The van der Waals surface area contributed by atoms with Crippen molar-refractivity contribution in [3.8, 4) is 0 Å². The van der Waals surface area contributed by atoms with E-state index in [-0.39, 0.29) is 12.6 Å². The molecule has 2 heterocycles. The summed E-state index contributed by atoms with van der Waals surface area (Å²) in [6.45, 7) is 10.4. The molecule has 2 aliphatic heterocycles. The minimum Gasteiger partial charge on any atom is -0.396 e. The van der Waals surface area contributed by atoms with Crippen molar-refractivity contribution < 1.29 is 13.9 Å². The number of halogens is 2. The molecule has 0 radical (unpaired) electrons. The predicted molar refractivity (Wildman–Crippen MR) is 104 cm³/mol. The van der Waals surface area contributed by atoms with E-state index in [0.717, 1.165) is 38.3 Å². The lowest BCUT2D eigenvalue weighted by Gasteiger charge is -2.47. The summed E-state index contributed by atoms with van der Waals surface area (Å²) in [5, 5.41) is 9.51. The van der Waals surface area contributed by atoms with E-state index in [2.05, 4.69) is 28.5 Å². The van der Waals surface area contributed by atoms with E-state index in [9.17, 15) is 13.9 Å². The van der Waals surface area contributed by atoms with Crippen LogP contribution in [-0.4, -0.2) is 77.3 Å². The molecule has 0 unspecified atom stereocenters. The number of benzene rings is 1. The first-order valence-electron chi connectivity index (χ1n) is 10.2. The van der Waals surface area contributed by atoms with Gasteiger partial charge in [0.15, 0.2) is 11.6 Å². The van der Waals surface area contributed by atoms with Crippen LogP contribution in [0.2, 0.25) is 0 Å². The Balaban J connectivity index is 1.59. The van der Waals surface area contributed by atoms with Crippen LogP contribution < -0.4 is 0 Å². The van der Waals surface area contributed by atoms with Crippen LogP contribution >= 0.6 is 0 Å². The summed E-state index contributed by atoms with van der Waals surface area (Å²) in [4.78, 5) is 7.43. The maximum absolute atomic E-state index is 13.5. The summed E-state index contributed by atoms with van der Waals surface area (Å²) in [5.41, 5.74) is 0.788. The Morgan fingerprint density at radius 2 is 1.81 bits per heavy atom. The number of hydrogen-bond donors (Lipinski definition) is 1. The van der Waals surface area contributed by atoms with Gasteiger partial charge in [0.25, 0.3) is 0 Å². The number of aliphatic hydroxyl groups excluding tert-OH is 1. The number of piperazine rings is 1. The van der Waals surface area contributed by atoms with Gasteiger partial charge in [0.2, 0.25) is 0 Å². The van der Waals surface area contributed by atoms with Gasteiger partial charge in [-0.05, 0) is 63.9 Å². The first kappa shape index (κ1) is 20.6. The number of nitrogens with zero attached hydrogens (tertiary/aromatic N) is 3. The molecule has 1 aromatic carbocycles. The van der Waals surface area contributed by atoms with E-state index >= 15 is 0 Å². The predicted octanol–water partition coefficient (Wildman–Crippen LogP) is 2.71. The average molecular weight is 382 g/mol. The monoisotopic (exact) mass is 381 g/mol. The Hall–Kier alpha value is -1.08. The van der Waals surface area contributed by atoms with Crippen molar-refractivity contribution >= 4 is 0 Å². The third-order valence-corrected chi connectivity index (χ3v) is 6.21.